The molecule has 0 unspecified atom stereocenters. The van der Waals surface area contributed by atoms with Crippen LogP contribution < -0.4 is 5.19 Å². The molecule has 0 aliphatic carbocycles. The summed E-state index contributed by atoms with van der Waals surface area (Å²) in [5, 5.41) is 15.1. The van der Waals surface area contributed by atoms with Crippen molar-refractivity contribution in [3.63, 3.8) is 0 Å². The Balaban J connectivity index is 0.00000392. The molecule has 0 fully saturated rings. The van der Waals surface area contributed by atoms with Crippen molar-refractivity contribution >= 4 is 46.2 Å². The van der Waals surface area contributed by atoms with Crippen LogP contribution in [0.1, 0.15) is 26.3 Å². The van der Waals surface area contributed by atoms with E-state index in [1.54, 1.807) is 0 Å². The Morgan fingerprint density at radius 2 is 1.50 bits per heavy atom. The minimum absolute atomic E-state index is 0. The van der Waals surface area contributed by atoms with Gasteiger partial charge in [-0.05, 0) is 51.9 Å². The van der Waals surface area contributed by atoms with Crippen LogP contribution in [0.25, 0.3) is 72.4 Å². The fourth-order valence-corrected chi connectivity index (χ4v) is 7.78. The Morgan fingerprint density at radius 1 is 0.780 bits per heavy atom. The van der Waals surface area contributed by atoms with Crippen LogP contribution in [0.4, 0.5) is 0 Å². The van der Waals surface area contributed by atoms with Crippen LogP contribution in [-0.4, -0.2) is 27.7 Å². The molecule has 50 heavy (non-hydrogen) atoms. The summed E-state index contributed by atoms with van der Waals surface area (Å²) in [7, 11) is -1.51. The standard InChI is InChI=1S/C43H38N3O2Si.Pt/c1-43(2,3)35-19-12-18-32(40(35)47)42-45-39-31(17-13-20-37(39)46(42)28-14-8-7-9-15-28)34-25-27(36-23-22-29(26-44-36)49(4,5)6)24-33-30-16-10-11-21-38(30)48-41(33)34;/h7-24,26,47H,1-6H3;/q-1;. The first-order valence-corrected chi connectivity index (χ1v) is 20.2. The molecule has 0 spiro atoms. The first-order chi connectivity index (χ1) is 23.5. The van der Waals surface area contributed by atoms with E-state index in [4.69, 9.17) is 14.4 Å². The monoisotopic (exact) mass is 851 g/mol. The maximum Gasteiger partial charge on any atom is 0.148 e. The number of phenolic OH excluding ortho intramolecular Hbond substituents is 1. The van der Waals surface area contributed by atoms with Gasteiger partial charge >= 0.3 is 0 Å². The van der Waals surface area contributed by atoms with Crippen LogP contribution >= 0.6 is 0 Å². The van der Waals surface area contributed by atoms with Crippen LogP contribution in [0.15, 0.2) is 120 Å². The topological polar surface area (TPSA) is 64.1 Å². The molecule has 8 aromatic rings. The summed E-state index contributed by atoms with van der Waals surface area (Å²) in [4.78, 5) is 10.3. The van der Waals surface area contributed by atoms with Gasteiger partial charge in [0.05, 0.1) is 30.3 Å². The smallest absolute Gasteiger partial charge is 0.148 e. The van der Waals surface area contributed by atoms with Gasteiger partial charge in [-0.3, -0.25) is 9.55 Å². The Hall–Kier alpha value is -4.77. The van der Waals surface area contributed by atoms with Gasteiger partial charge in [0.2, 0.25) is 0 Å². The molecule has 7 heteroatoms. The quantitative estimate of drug-likeness (QED) is 0.138. The Kier molecular flexibility index (Phi) is 8.44. The van der Waals surface area contributed by atoms with E-state index in [1.165, 1.54) is 5.19 Å². The van der Waals surface area contributed by atoms with E-state index in [-0.39, 0.29) is 32.2 Å². The number of fused-ring (bicyclic) bond motifs is 4. The number of benzene rings is 5. The summed E-state index contributed by atoms with van der Waals surface area (Å²) in [5.41, 5.74) is 9.00. The number of rotatable bonds is 5. The SMILES string of the molecule is CC(C)(C)c1cccc(-c2nc3c(-c4[c-]c(-c5ccc([Si](C)(C)C)cn5)cc5c4oc4ccccc45)cccc3n2-c2ccccc2)c1O.[Pt]. The van der Waals surface area contributed by atoms with Crippen molar-refractivity contribution in [3.8, 4) is 45.2 Å². The van der Waals surface area contributed by atoms with Crippen LogP contribution in [0.2, 0.25) is 19.6 Å². The molecule has 3 aromatic heterocycles. The summed E-state index contributed by atoms with van der Waals surface area (Å²) in [6.45, 7) is 13.3. The van der Waals surface area contributed by atoms with Gasteiger partial charge in [-0.15, -0.1) is 12.1 Å². The number of aromatic nitrogens is 3. The van der Waals surface area contributed by atoms with Crippen LogP contribution in [-0.2, 0) is 26.5 Å². The zero-order valence-electron chi connectivity index (χ0n) is 29.0. The van der Waals surface area contributed by atoms with Gasteiger partial charge in [0.1, 0.15) is 17.2 Å². The Bertz CT molecular complexity index is 2520. The number of hydrogen-bond donors (Lipinski definition) is 1. The molecule has 0 atom stereocenters. The number of hydrogen-bond acceptors (Lipinski definition) is 4. The number of imidazole rings is 1. The van der Waals surface area contributed by atoms with E-state index in [2.05, 4.69) is 106 Å². The van der Waals surface area contributed by atoms with Crippen LogP contribution in [0.5, 0.6) is 5.75 Å². The van der Waals surface area contributed by atoms with E-state index in [9.17, 15) is 5.11 Å². The van der Waals surface area contributed by atoms with Gasteiger partial charge in [0, 0.05) is 44.0 Å². The van der Waals surface area contributed by atoms with Gasteiger partial charge < -0.3 is 9.52 Å². The second-order valence-electron chi connectivity index (χ2n) is 14.8. The number of para-hydroxylation sites is 4. The normalized spacial score (nSPS) is 12.1. The van der Waals surface area contributed by atoms with E-state index < -0.39 is 8.07 Å². The fourth-order valence-electron chi connectivity index (χ4n) is 6.74. The third-order valence-electron chi connectivity index (χ3n) is 9.37. The Labute approximate surface area is 307 Å². The van der Waals surface area contributed by atoms with Gasteiger partial charge in [-0.25, -0.2) is 4.98 Å². The molecule has 3 heterocycles. The summed E-state index contributed by atoms with van der Waals surface area (Å²) >= 11 is 0. The van der Waals surface area contributed by atoms with Crippen molar-refractivity contribution in [1.29, 1.82) is 0 Å². The molecule has 0 saturated carbocycles. The molecule has 0 bridgehead atoms. The molecular weight excluding hydrogens is 814 g/mol. The van der Waals surface area contributed by atoms with E-state index in [0.717, 1.165) is 66.6 Å². The predicted molar refractivity (Wildman–Crippen MR) is 205 cm³/mol. The van der Waals surface area contributed by atoms with E-state index in [1.807, 2.05) is 60.8 Å². The summed E-state index contributed by atoms with van der Waals surface area (Å²) < 4.78 is 8.74. The van der Waals surface area contributed by atoms with Crippen molar-refractivity contribution in [2.75, 3.05) is 0 Å². The van der Waals surface area contributed by atoms with Crippen molar-refractivity contribution in [2.24, 2.45) is 0 Å². The second-order valence-corrected chi connectivity index (χ2v) is 19.9. The molecule has 0 radical (unpaired) electrons. The minimum Gasteiger partial charge on any atom is -0.507 e. The molecule has 0 aliphatic rings. The van der Waals surface area contributed by atoms with E-state index >= 15 is 0 Å². The maximum absolute atomic E-state index is 11.7. The minimum atomic E-state index is -1.51. The molecule has 0 aliphatic heterocycles. The van der Waals surface area contributed by atoms with Gasteiger partial charge in [0.15, 0.2) is 0 Å². The van der Waals surface area contributed by atoms with Crippen LogP contribution in [0.3, 0.4) is 0 Å². The largest absolute Gasteiger partial charge is 0.507 e. The third-order valence-corrected chi connectivity index (χ3v) is 11.4. The molecule has 5 nitrogen and oxygen atoms in total. The van der Waals surface area contributed by atoms with Gasteiger partial charge in [0.25, 0.3) is 0 Å². The summed E-state index contributed by atoms with van der Waals surface area (Å²) in [5.74, 6) is 0.906. The van der Waals surface area contributed by atoms with Crippen molar-refractivity contribution in [2.45, 2.75) is 45.8 Å². The number of phenols is 1. The molecule has 0 amide bonds. The van der Waals surface area contributed by atoms with Crippen LogP contribution in [0, 0.1) is 6.07 Å². The molecular formula is C43H38N3O2PtSi-. The second kappa shape index (κ2) is 12.5. The maximum atomic E-state index is 11.7. The molecule has 1 N–H and O–H groups in total. The Morgan fingerprint density at radius 3 is 2.22 bits per heavy atom. The number of pyridine rings is 1. The summed E-state index contributed by atoms with van der Waals surface area (Å²) in [6.07, 6.45) is 2.03. The average molecular weight is 852 g/mol. The zero-order valence-corrected chi connectivity index (χ0v) is 32.3. The third kappa shape index (κ3) is 5.71. The first kappa shape index (κ1) is 33.7. The molecule has 8 rings (SSSR count). The van der Waals surface area contributed by atoms with Gasteiger partial charge in [-0.2, -0.15) is 0 Å². The summed E-state index contributed by atoms with van der Waals surface area (Å²) in [6, 6.07) is 40.7. The van der Waals surface area contributed by atoms with Crippen molar-refractivity contribution < 1.29 is 30.6 Å². The molecule has 252 valence electrons. The van der Waals surface area contributed by atoms with Crippen molar-refractivity contribution in [1.82, 2.24) is 14.5 Å². The first-order valence-electron chi connectivity index (χ1n) is 16.7. The van der Waals surface area contributed by atoms with E-state index in [0.29, 0.717) is 11.4 Å². The average Bonchev–Trinajstić information content (AvgIpc) is 3.66. The number of furan rings is 1. The molecule has 5 aromatic carbocycles. The predicted octanol–water partition coefficient (Wildman–Crippen LogP) is 10.7. The van der Waals surface area contributed by atoms with Gasteiger partial charge in [-0.1, -0.05) is 130 Å². The molecule has 0 saturated heterocycles. The van der Waals surface area contributed by atoms with Crippen molar-refractivity contribution in [3.05, 3.63) is 127 Å². The number of aromatic hydroxyl groups is 1. The fraction of sp³-hybridized carbons (Fsp3) is 0.163. The zero-order chi connectivity index (χ0) is 34.1. The number of nitrogens with zero attached hydrogens (tertiary/aromatic N) is 3.